The number of likely N-dealkylation sites (N-methyl/N-ethyl adjacent to an activating group) is 1. The molecular weight excluding hydrogens is 611 g/mol. The Labute approximate surface area is 245 Å². The Hall–Kier alpha value is -2.78. The standard InChI is InChI=1S/C28H25BrCl2N2O4S/c1-4-35-21-10-8-20(9-11-21)33-27(34)24(32(3)28(33)38)13-17-12-22(29)26(25(14-17)36-5-2)37-16-18-6-7-19(30)15-23(18)31/h6-15H,4-5,16H2,1-3H3/b24-13-. The maximum atomic E-state index is 13.4. The van der Waals surface area contributed by atoms with Crippen molar-refractivity contribution in [3.05, 3.63) is 85.9 Å². The molecule has 0 aliphatic carbocycles. The molecule has 1 saturated heterocycles. The Kier molecular flexibility index (Phi) is 9.20. The largest absolute Gasteiger partial charge is 0.494 e. The molecule has 0 spiro atoms. The van der Waals surface area contributed by atoms with Crippen LogP contribution in [0.2, 0.25) is 10.0 Å². The predicted molar refractivity (Wildman–Crippen MR) is 160 cm³/mol. The number of carbonyl (C=O) groups excluding carboxylic acids is 1. The minimum atomic E-state index is -0.228. The molecule has 1 aliphatic rings. The van der Waals surface area contributed by atoms with Gasteiger partial charge in [0, 0.05) is 22.7 Å². The van der Waals surface area contributed by atoms with Gasteiger partial charge in [-0.25, -0.2) is 0 Å². The van der Waals surface area contributed by atoms with Gasteiger partial charge < -0.3 is 19.1 Å². The van der Waals surface area contributed by atoms with Crippen LogP contribution in [0.3, 0.4) is 0 Å². The quantitative estimate of drug-likeness (QED) is 0.177. The van der Waals surface area contributed by atoms with Crippen molar-refractivity contribution in [2.75, 3.05) is 25.2 Å². The van der Waals surface area contributed by atoms with Crippen molar-refractivity contribution in [3.63, 3.8) is 0 Å². The van der Waals surface area contributed by atoms with E-state index < -0.39 is 0 Å². The molecule has 0 saturated carbocycles. The van der Waals surface area contributed by atoms with Crippen LogP contribution < -0.4 is 19.1 Å². The van der Waals surface area contributed by atoms with Gasteiger partial charge in [-0.3, -0.25) is 9.69 Å². The molecule has 1 amide bonds. The summed E-state index contributed by atoms with van der Waals surface area (Å²) in [4.78, 5) is 16.6. The van der Waals surface area contributed by atoms with Gasteiger partial charge >= 0.3 is 0 Å². The molecule has 6 nitrogen and oxygen atoms in total. The Morgan fingerprint density at radius 3 is 2.34 bits per heavy atom. The monoisotopic (exact) mass is 634 g/mol. The van der Waals surface area contributed by atoms with Crippen molar-refractivity contribution in [3.8, 4) is 17.2 Å². The van der Waals surface area contributed by atoms with E-state index in [-0.39, 0.29) is 12.5 Å². The molecule has 0 bridgehead atoms. The molecule has 38 heavy (non-hydrogen) atoms. The lowest BCUT2D eigenvalue weighted by molar-refractivity contribution is -0.114. The smallest absolute Gasteiger partial charge is 0.281 e. The number of benzene rings is 3. The van der Waals surface area contributed by atoms with Gasteiger partial charge in [0.25, 0.3) is 5.91 Å². The van der Waals surface area contributed by atoms with Crippen molar-refractivity contribution < 1.29 is 19.0 Å². The Morgan fingerprint density at radius 1 is 0.974 bits per heavy atom. The lowest BCUT2D eigenvalue weighted by Crippen LogP contribution is -2.31. The minimum absolute atomic E-state index is 0.224. The van der Waals surface area contributed by atoms with Crippen LogP contribution in [0, 0.1) is 0 Å². The number of amides is 1. The zero-order chi connectivity index (χ0) is 27.4. The predicted octanol–water partition coefficient (Wildman–Crippen LogP) is 7.74. The number of thiocarbonyl (C=S) groups is 1. The fraction of sp³-hybridized carbons (Fsp3) is 0.214. The van der Waals surface area contributed by atoms with E-state index in [1.54, 1.807) is 30.2 Å². The van der Waals surface area contributed by atoms with E-state index in [1.807, 2.05) is 56.3 Å². The molecule has 3 aromatic carbocycles. The molecule has 198 valence electrons. The Balaban J connectivity index is 1.61. The van der Waals surface area contributed by atoms with Gasteiger partial charge in [0.05, 0.1) is 23.4 Å². The molecule has 10 heteroatoms. The number of hydrogen-bond acceptors (Lipinski definition) is 5. The van der Waals surface area contributed by atoms with E-state index in [1.165, 1.54) is 4.90 Å². The highest BCUT2D eigenvalue weighted by Gasteiger charge is 2.37. The first kappa shape index (κ1) is 28.2. The molecule has 0 aromatic heterocycles. The van der Waals surface area contributed by atoms with Crippen LogP contribution >= 0.6 is 51.3 Å². The van der Waals surface area contributed by atoms with Gasteiger partial charge in [-0.2, -0.15) is 0 Å². The molecule has 0 radical (unpaired) electrons. The Morgan fingerprint density at radius 2 is 1.68 bits per heavy atom. The van der Waals surface area contributed by atoms with Crippen LogP contribution in [0.5, 0.6) is 17.2 Å². The highest BCUT2D eigenvalue weighted by Crippen LogP contribution is 2.39. The second-order valence-corrected chi connectivity index (χ2v) is 10.3. The zero-order valence-electron chi connectivity index (χ0n) is 21.0. The van der Waals surface area contributed by atoms with Crippen molar-refractivity contribution >= 4 is 74.1 Å². The molecule has 4 rings (SSSR count). The third-order valence-electron chi connectivity index (χ3n) is 5.69. The summed E-state index contributed by atoms with van der Waals surface area (Å²) in [6, 6.07) is 16.2. The van der Waals surface area contributed by atoms with Crippen molar-refractivity contribution in [1.29, 1.82) is 0 Å². The zero-order valence-corrected chi connectivity index (χ0v) is 24.9. The van der Waals surface area contributed by atoms with Crippen LogP contribution in [0.25, 0.3) is 6.08 Å². The molecule has 0 atom stereocenters. The summed E-state index contributed by atoms with van der Waals surface area (Å²) < 4.78 is 18.1. The lowest BCUT2D eigenvalue weighted by Gasteiger charge is -2.17. The SMILES string of the molecule is CCOc1ccc(N2C(=O)/C(=C/c3cc(Br)c(OCc4ccc(Cl)cc4Cl)c(OCC)c3)N(C)C2=S)cc1. The molecule has 0 N–H and O–H groups in total. The first-order valence-electron chi connectivity index (χ1n) is 11.8. The van der Waals surface area contributed by atoms with Crippen LogP contribution in [-0.4, -0.2) is 36.2 Å². The minimum Gasteiger partial charge on any atom is -0.494 e. The van der Waals surface area contributed by atoms with E-state index in [0.29, 0.717) is 55.7 Å². The molecule has 3 aromatic rings. The summed E-state index contributed by atoms with van der Waals surface area (Å²) >= 11 is 21.5. The molecular formula is C28H25BrCl2N2O4S. The third kappa shape index (κ3) is 6.10. The molecule has 1 heterocycles. The maximum Gasteiger partial charge on any atom is 0.281 e. The maximum absolute atomic E-state index is 13.4. The van der Waals surface area contributed by atoms with Gasteiger partial charge in [0.15, 0.2) is 16.6 Å². The summed E-state index contributed by atoms with van der Waals surface area (Å²) in [7, 11) is 1.77. The van der Waals surface area contributed by atoms with E-state index in [2.05, 4.69) is 15.9 Å². The number of hydrogen-bond donors (Lipinski definition) is 0. The number of carbonyl (C=O) groups is 1. The van der Waals surface area contributed by atoms with E-state index in [0.717, 1.165) is 16.9 Å². The summed E-state index contributed by atoms with van der Waals surface area (Å²) in [5.41, 5.74) is 2.63. The summed E-state index contributed by atoms with van der Waals surface area (Å²) in [6.45, 7) is 5.03. The average molecular weight is 636 g/mol. The highest BCUT2D eigenvalue weighted by atomic mass is 79.9. The molecule has 1 fully saturated rings. The summed E-state index contributed by atoms with van der Waals surface area (Å²) in [6.07, 6.45) is 1.77. The van der Waals surface area contributed by atoms with Crippen LogP contribution in [0.4, 0.5) is 5.69 Å². The van der Waals surface area contributed by atoms with Crippen molar-refractivity contribution in [2.24, 2.45) is 0 Å². The van der Waals surface area contributed by atoms with Gasteiger partial charge in [0.1, 0.15) is 18.1 Å². The van der Waals surface area contributed by atoms with Crippen molar-refractivity contribution in [2.45, 2.75) is 20.5 Å². The van der Waals surface area contributed by atoms with E-state index in [4.69, 9.17) is 49.6 Å². The Bertz CT molecular complexity index is 1400. The number of rotatable bonds is 9. The van der Waals surface area contributed by atoms with Gasteiger partial charge in [-0.05, 0) is 102 Å². The average Bonchev–Trinajstić information content (AvgIpc) is 3.08. The van der Waals surface area contributed by atoms with Crippen LogP contribution in [-0.2, 0) is 11.4 Å². The number of anilines is 1. The van der Waals surface area contributed by atoms with Gasteiger partial charge in [-0.15, -0.1) is 0 Å². The molecule has 1 aliphatic heterocycles. The topological polar surface area (TPSA) is 51.2 Å². The van der Waals surface area contributed by atoms with Gasteiger partial charge in [0.2, 0.25) is 0 Å². The van der Waals surface area contributed by atoms with E-state index in [9.17, 15) is 4.79 Å². The first-order chi connectivity index (χ1) is 18.2. The van der Waals surface area contributed by atoms with Crippen LogP contribution in [0.15, 0.2) is 64.8 Å². The highest BCUT2D eigenvalue weighted by molar-refractivity contribution is 9.10. The first-order valence-corrected chi connectivity index (χ1v) is 13.8. The third-order valence-corrected chi connectivity index (χ3v) is 7.32. The van der Waals surface area contributed by atoms with Gasteiger partial charge in [-0.1, -0.05) is 29.3 Å². The van der Waals surface area contributed by atoms with Crippen LogP contribution in [0.1, 0.15) is 25.0 Å². The lowest BCUT2D eigenvalue weighted by atomic mass is 10.1. The number of nitrogens with zero attached hydrogens (tertiary/aromatic N) is 2. The fourth-order valence-corrected chi connectivity index (χ4v) is 5.19. The van der Waals surface area contributed by atoms with Crippen molar-refractivity contribution in [1.82, 2.24) is 4.90 Å². The molecule has 0 unspecified atom stereocenters. The number of ether oxygens (including phenoxy) is 3. The summed E-state index contributed by atoms with van der Waals surface area (Å²) in [5, 5.41) is 1.46. The number of halogens is 3. The fourth-order valence-electron chi connectivity index (χ4n) is 3.86. The normalized spacial score (nSPS) is 14.4. The second kappa shape index (κ2) is 12.4. The van der Waals surface area contributed by atoms with E-state index >= 15 is 0 Å². The summed E-state index contributed by atoms with van der Waals surface area (Å²) in [5.74, 6) is 1.55. The second-order valence-electron chi connectivity index (χ2n) is 8.23.